The second-order valence-electron chi connectivity index (χ2n) is 9.09. The molecule has 2 atom stereocenters. The van der Waals surface area contributed by atoms with Gasteiger partial charge in [-0.15, -0.1) is 0 Å². The quantitative estimate of drug-likeness (QED) is 0.770. The molecule has 1 aromatic carbocycles. The van der Waals surface area contributed by atoms with Crippen LogP contribution in [0.2, 0.25) is 0 Å². The SMILES string of the molecule is CCOC(=O)N1CCC(C(=O)NCc2ccccc2CN2C[C@H](C)C[C@@H](C)C2)CC1. The molecule has 2 saturated heterocycles. The summed E-state index contributed by atoms with van der Waals surface area (Å²) in [4.78, 5) is 28.8. The highest BCUT2D eigenvalue weighted by Gasteiger charge is 2.28. The number of piperidine rings is 2. The number of likely N-dealkylation sites (tertiary alicyclic amines) is 2. The van der Waals surface area contributed by atoms with E-state index in [2.05, 4.69) is 42.3 Å². The fourth-order valence-electron chi connectivity index (χ4n) is 4.91. The summed E-state index contributed by atoms with van der Waals surface area (Å²) in [6, 6.07) is 8.44. The molecule has 166 valence electrons. The molecule has 1 N–H and O–H groups in total. The average molecular weight is 416 g/mol. The molecular formula is C24H37N3O3. The van der Waals surface area contributed by atoms with E-state index < -0.39 is 0 Å². The zero-order valence-electron chi connectivity index (χ0n) is 18.7. The van der Waals surface area contributed by atoms with Crippen molar-refractivity contribution in [2.75, 3.05) is 32.8 Å². The van der Waals surface area contributed by atoms with E-state index in [1.807, 2.05) is 13.0 Å². The normalized spacial score (nSPS) is 23.2. The number of ether oxygens (including phenoxy) is 1. The van der Waals surface area contributed by atoms with Gasteiger partial charge in [0.1, 0.15) is 0 Å². The predicted octanol–water partition coefficient (Wildman–Crippen LogP) is 3.65. The molecule has 2 aliphatic heterocycles. The van der Waals surface area contributed by atoms with Crippen molar-refractivity contribution in [3.05, 3.63) is 35.4 Å². The molecule has 6 heteroatoms. The average Bonchev–Trinajstić information content (AvgIpc) is 2.72. The van der Waals surface area contributed by atoms with E-state index in [9.17, 15) is 9.59 Å². The fourth-order valence-corrected chi connectivity index (χ4v) is 4.91. The predicted molar refractivity (Wildman–Crippen MR) is 118 cm³/mol. The molecule has 2 amide bonds. The van der Waals surface area contributed by atoms with E-state index in [0.29, 0.717) is 39.1 Å². The summed E-state index contributed by atoms with van der Waals surface area (Å²) in [5.41, 5.74) is 2.50. The first-order chi connectivity index (χ1) is 14.5. The third-order valence-electron chi connectivity index (χ3n) is 6.30. The molecule has 30 heavy (non-hydrogen) atoms. The standard InChI is InChI=1S/C24H37N3O3/c1-4-30-24(29)27-11-9-20(10-12-27)23(28)25-14-21-7-5-6-8-22(21)17-26-15-18(2)13-19(3)16-26/h5-8,18-20H,4,9-17H2,1-3H3,(H,25,28)/t18-,19-/m1/s1. The van der Waals surface area contributed by atoms with Gasteiger partial charge in [-0.3, -0.25) is 9.69 Å². The van der Waals surface area contributed by atoms with Gasteiger partial charge in [0, 0.05) is 45.2 Å². The zero-order chi connectivity index (χ0) is 21.5. The van der Waals surface area contributed by atoms with Gasteiger partial charge in [-0.05, 0) is 49.1 Å². The lowest BCUT2D eigenvalue weighted by Gasteiger charge is -2.35. The van der Waals surface area contributed by atoms with Gasteiger partial charge >= 0.3 is 6.09 Å². The van der Waals surface area contributed by atoms with Crippen molar-refractivity contribution in [3.63, 3.8) is 0 Å². The van der Waals surface area contributed by atoms with Gasteiger partial charge in [0.25, 0.3) is 0 Å². The number of hydrogen-bond donors (Lipinski definition) is 1. The van der Waals surface area contributed by atoms with Gasteiger partial charge in [-0.25, -0.2) is 4.79 Å². The highest BCUT2D eigenvalue weighted by Crippen LogP contribution is 2.24. The van der Waals surface area contributed by atoms with Crippen molar-refractivity contribution >= 4 is 12.0 Å². The smallest absolute Gasteiger partial charge is 0.409 e. The third-order valence-corrected chi connectivity index (χ3v) is 6.30. The van der Waals surface area contributed by atoms with Crippen LogP contribution in [0.1, 0.15) is 51.2 Å². The first-order valence-electron chi connectivity index (χ1n) is 11.4. The first-order valence-corrected chi connectivity index (χ1v) is 11.4. The lowest BCUT2D eigenvalue weighted by molar-refractivity contribution is -0.126. The van der Waals surface area contributed by atoms with Crippen molar-refractivity contribution in [1.29, 1.82) is 0 Å². The summed E-state index contributed by atoms with van der Waals surface area (Å²) in [6.07, 6.45) is 2.42. The Balaban J connectivity index is 1.50. The van der Waals surface area contributed by atoms with Crippen molar-refractivity contribution in [2.24, 2.45) is 17.8 Å². The highest BCUT2D eigenvalue weighted by molar-refractivity contribution is 5.79. The van der Waals surface area contributed by atoms with Crippen molar-refractivity contribution in [1.82, 2.24) is 15.1 Å². The molecule has 0 spiro atoms. The molecule has 0 unspecified atom stereocenters. The second kappa shape index (κ2) is 10.8. The van der Waals surface area contributed by atoms with Crippen LogP contribution in [-0.2, 0) is 22.6 Å². The maximum Gasteiger partial charge on any atom is 0.409 e. The number of nitrogens with zero attached hydrogens (tertiary/aromatic N) is 2. The highest BCUT2D eigenvalue weighted by atomic mass is 16.6. The Hall–Kier alpha value is -2.08. The van der Waals surface area contributed by atoms with Crippen molar-refractivity contribution in [3.8, 4) is 0 Å². The van der Waals surface area contributed by atoms with Crippen LogP contribution < -0.4 is 5.32 Å². The third kappa shape index (κ3) is 6.21. The Morgan fingerprint density at radius 2 is 1.70 bits per heavy atom. The number of benzene rings is 1. The fraction of sp³-hybridized carbons (Fsp3) is 0.667. The van der Waals surface area contributed by atoms with Crippen molar-refractivity contribution in [2.45, 2.75) is 53.1 Å². The molecule has 0 aliphatic carbocycles. The van der Waals surface area contributed by atoms with Gasteiger partial charge in [0.2, 0.25) is 5.91 Å². The molecule has 2 aliphatic rings. The maximum absolute atomic E-state index is 12.7. The van der Waals surface area contributed by atoms with E-state index in [0.717, 1.165) is 31.5 Å². The van der Waals surface area contributed by atoms with Crippen LogP contribution >= 0.6 is 0 Å². The van der Waals surface area contributed by atoms with Gasteiger partial charge in [-0.1, -0.05) is 38.1 Å². The van der Waals surface area contributed by atoms with Crippen LogP contribution in [0, 0.1) is 17.8 Å². The largest absolute Gasteiger partial charge is 0.450 e. The Morgan fingerprint density at radius 3 is 2.33 bits per heavy atom. The van der Waals surface area contributed by atoms with E-state index in [-0.39, 0.29) is 17.9 Å². The Morgan fingerprint density at radius 1 is 1.07 bits per heavy atom. The van der Waals surface area contributed by atoms with Crippen LogP contribution in [0.5, 0.6) is 0 Å². The number of hydrogen-bond acceptors (Lipinski definition) is 4. The molecule has 0 bridgehead atoms. The number of rotatable bonds is 6. The van der Waals surface area contributed by atoms with E-state index >= 15 is 0 Å². The van der Waals surface area contributed by atoms with Gasteiger partial charge < -0.3 is 15.0 Å². The molecule has 6 nitrogen and oxygen atoms in total. The van der Waals surface area contributed by atoms with Gasteiger partial charge in [-0.2, -0.15) is 0 Å². The number of nitrogens with one attached hydrogen (secondary N) is 1. The second-order valence-corrected chi connectivity index (χ2v) is 9.09. The van der Waals surface area contributed by atoms with Crippen molar-refractivity contribution < 1.29 is 14.3 Å². The summed E-state index contributed by atoms with van der Waals surface area (Å²) in [5.74, 6) is 1.53. The lowest BCUT2D eigenvalue weighted by atomic mass is 9.91. The minimum Gasteiger partial charge on any atom is -0.450 e. The van der Waals surface area contributed by atoms with Crippen LogP contribution in [0.15, 0.2) is 24.3 Å². The minimum atomic E-state index is -0.272. The maximum atomic E-state index is 12.7. The molecule has 1 aromatic rings. The van der Waals surface area contributed by atoms with Crippen LogP contribution in [0.3, 0.4) is 0 Å². The Kier molecular flexibility index (Phi) is 8.14. The monoisotopic (exact) mass is 415 g/mol. The lowest BCUT2D eigenvalue weighted by Crippen LogP contribution is -2.43. The summed E-state index contributed by atoms with van der Waals surface area (Å²) >= 11 is 0. The number of carbonyl (C=O) groups is 2. The topological polar surface area (TPSA) is 61.9 Å². The van der Waals surface area contributed by atoms with E-state index in [4.69, 9.17) is 4.74 Å². The molecule has 3 rings (SSSR count). The van der Waals surface area contributed by atoms with E-state index in [1.54, 1.807) is 4.90 Å². The van der Waals surface area contributed by atoms with Gasteiger partial charge in [0.15, 0.2) is 0 Å². The molecule has 0 aromatic heterocycles. The molecule has 0 radical (unpaired) electrons. The summed E-state index contributed by atoms with van der Waals surface area (Å²) in [7, 11) is 0. The van der Waals surface area contributed by atoms with Crippen LogP contribution in [0.25, 0.3) is 0 Å². The Bertz CT molecular complexity index is 705. The minimum absolute atomic E-state index is 0.0355. The summed E-state index contributed by atoms with van der Waals surface area (Å²) in [6.45, 7) is 11.8. The van der Waals surface area contributed by atoms with Gasteiger partial charge in [0.05, 0.1) is 6.61 Å². The summed E-state index contributed by atoms with van der Waals surface area (Å²) < 4.78 is 5.05. The van der Waals surface area contributed by atoms with E-state index in [1.165, 1.54) is 17.5 Å². The number of amides is 2. The number of carbonyl (C=O) groups excluding carboxylic acids is 2. The molecule has 2 fully saturated rings. The Labute approximate surface area is 180 Å². The van der Waals surface area contributed by atoms with Crippen LogP contribution in [0.4, 0.5) is 4.79 Å². The molecule has 2 heterocycles. The zero-order valence-corrected chi connectivity index (χ0v) is 18.7. The molecular weight excluding hydrogens is 378 g/mol. The van der Waals surface area contributed by atoms with Crippen LogP contribution in [-0.4, -0.2) is 54.6 Å². The summed E-state index contributed by atoms with van der Waals surface area (Å²) in [5, 5.41) is 3.14. The first kappa shape index (κ1) is 22.6. The molecule has 0 saturated carbocycles.